The molecular formula is C20H16Cl2F3N3O2. The second kappa shape index (κ2) is 8.97. The monoisotopic (exact) mass is 457 g/mol. The largest absolute Gasteiger partial charge is 0.482 e. The normalized spacial score (nSPS) is 11.4. The van der Waals surface area contributed by atoms with Crippen molar-refractivity contribution in [1.82, 2.24) is 9.78 Å². The van der Waals surface area contributed by atoms with Gasteiger partial charge in [-0.25, -0.2) is 4.68 Å². The Kier molecular flexibility index (Phi) is 6.58. The Balaban J connectivity index is 1.84. The van der Waals surface area contributed by atoms with Gasteiger partial charge < -0.3 is 10.1 Å². The molecule has 10 heteroatoms. The average Bonchev–Trinajstić information content (AvgIpc) is 2.94. The van der Waals surface area contributed by atoms with Crippen LogP contribution in [0.15, 0.2) is 48.5 Å². The van der Waals surface area contributed by atoms with E-state index in [-0.39, 0.29) is 27.2 Å². The molecule has 158 valence electrons. The summed E-state index contributed by atoms with van der Waals surface area (Å²) >= 11 is 12.3. The van der Waals surface area contributed by atoms with E-state index in [9.17, 15) is 18.0 Å². The van der Waals surface area contributed by atoms with Gasteiger partial charge in [0.1, 0.15) is 10.9 Å². The van der Waals surface area contributed by atoms with Crippen molar-refractivity contribution in [2.24, 2.45) is 0 Å². The molecule has 0 fully saturated rings. The third kappa shape index (κ3) is 5.46. The van der Waals surface area contributed by atoms with Crippen LogP contribution in [0.1, 0.15) is 21.6 Å². The maximum Gasteiger partial charge on any atom is 0.422 e. The van der Waals surface area contributed by atoms with Gasteiger partial charge in [0.05, 0.1) is 23.5 Å². The summed E-state index contributed by atoms with van der Waals surface area (Å²) in [6.45, 7) is 0.457. The summed E-state index contributed by atoms with van der Waals surface area (Å²) in [5, 5.41) is 7.12. The minimum absolute atomic E-state index is 0.0111. The summed E-state index contributed by atoms with van der Waals surface area (Å²) < 4.78 is 43.8. The molecule has 0 radical (unpaired) electrons. The zero-order valence-electron chi connectivity index (χ0n) is 15.6. The highest BCUT2D eigenvalue weighted by molar-refractivity contribution is 6.34. The highest BCUT2D eigenvalue weighted by Gasteiger charge is 2.29. The second-order valence-corrected chi connectivity index (χ2v) is 7.19. The number of nitrogens with one attached hydrogen (secondary N) is 1. The highest BCUT2D eigenvalue weighted by Crippen LogP contribution is 2.31. The number of anilines is 1. The first-order valence-corrected chi connectivity index (χ1v) is 9.47. The molecule has 0 spiro atoms. The summed E-state index contributed by atoms with van der Waals surface area (Å²) in [4.78, 5) is 12.8. The van der Waals surface area contributed by atoms with Crippen molar-refractivity contribution in [1.29, 1.82) is 0 Å². The highest BCUT2D eigenvalue weighted by atomic mass is 35.5. The summed E-state index contributed by atoms with van der Waals surface area (Å²) in [6.07, 6.45) is -4.53. The van der Waals surface area contributed by atoms with Crippen LogP contribution in [0, 0.1) is 6.92 Å². The average molecular weight is 458 g/mol. The van der Waals surface area contributed by atoms with Gasteiger partial charge in [-0.15, -0.1) is 0 Å². The first-order chi connectivity index (χ1) is 14.1. The molecule has 30 heavy (non-hydrogen) atoms. The number of nitrogens with zero attached hydrogens (tertiary/aromatic N) is 2. The Morgan fingerprint density at radius 1 is 1.17 bits per heavy atom. The van der Waals surface area contributed by atoms with E-state index in [1.165, 1.54) is 22.9 Å². The zero-order valence-corrected chi connectivity index (χ0v) is 17.1. The Morgan fingerprint density at radius 3 is 2.53 bits per heavy atom. The molecule has 1 aromatic heterocycles. The number of hydrogen-bond acceptors (Lipinski definition) is 3. The fourth-order valence-electron chi connectivity index (χ4n) is 2.74. The minimum Gasteiger partial charge on any atom is -0.482 e. The molecule has 0 bridgehead atoms. The predicted octanol–water partition coefficient (Wildman–Crippen LogP) is 5.74. The molecule has 0 unspecified atom stereocenters. The van der Waals surface area contributed by atoms with Crippen molar-refractivity contribution >= 4 is 34.8 Å². The Labute approximate surface area is 180 Å². The lowest BCUT2D eigenvalue weighted by Crippen LogP contribution is -2.20. The van der Waals surface area contributed by atoms with Gasteiger partial charge in [0.2, 0.25) is 0 Å². The van der Waals surface area contributed by atoms with E-state index < -0.39 is 18.7 Å². The van der Waals surface area contributed by atoms with E-state index in [2.05, 4.69) is 10.4 Å². The van der Waals surface area contributed by atoms with Crippen LogP contribution in [-0.4, -0.2) is 28.5 Å². The number of aromatic nitrogens is 2. The molecule has 1 heterocycles. The number of benzene rings is 2. The Bertz CT molecular complexity index is 1050. The lowest BCUT2D eigenvalue weighted by atomic mass is 10.2. The number of hydrogen-bond donors (Lipinski definition) is 1. The summed E-state index contributed by atoms with van der Waals surface area (Å²) in [5.74, 6) is -0.813. The molecule has 0 aliphatic carbocycles. The van der Waals surface area contributed by atoms with Crippen molar-refractivity contribution in [3.05, 3.63) is 75.5 Å². The van der Waals surface area contributed by atoms with Gasteiger partial charge in [0, 0.05) is 5.02 Å². The van der Waals surface area contributed by atoms with E-state index in [0.29, 0.717) is 12.2 Å². The zero-order chi connectivity index (χ0) is 21.9. The number of alkyl halides is 3. The van der Waals surface area contributed by atoms with E-state index in [1.807, 2.05) is 30.3 Å². The van der Waals surface area contributed by atoms with Gasteiger partial charge in [-0.3, -0.25) is 4.79 Å². The predicted molar refractivity (Wildman–Crippen MR) is 108 cm³/mol. The van der Waals surface area contributed by atoms with Crippen LogP contribution in [0.2, 0.25) is 10.2 Å². The molecule has 0 aliphatic heterocycles. The summed E-state index contributed by atoms with van der Waals surface area (Å²) in [5.41, 5.74) is 1.40. The number of ether oxygens (including phenoxy) is 1. The van der Waals surface area contributed by atoms with E-state index >= 15 is 0 Å². The van der Waals surface area contributed by atoms with Crippen molar-refractivity contribution in [3.8, 4) is 5.75 Å². The van der Waals surface area contributed by atoms with E-state index in [4.69, 9.17) is 27.9 Å². The topological polar surface area (TPSA) is 56.2 Å². The lowest BCUT2D eigenvalue weighted by Gasteiger charge is -2.14. The molecule has 3 rings (SSSR count). The fourth-order valence-corrected chi connectivity index (χ4v) is 3.23. The molecule has 3 aromatic rings. The van der Waals surface area contributed by atoms with Crippen LogP contribution in [0.5, 0.6) is 5.75 Å². The van der Waals surface area contributed by atoms with Crippen LogP contribution >= 0.6 is 23.2 Å². The molecule has 0 aliphatic rings. The second-order valence-electron chi connectivity index (χ2n) is 6.39. The number of rotatable bonds is 6. The maximum absolute atomic E-state index is 12.8. The maximum atomic E-state index is 12.8. The van der Waals surface area contributed by atoms with Crippen molar-refractivity contribution in [2.75, 3.05) is 11.9 Å². The first kappa shape index (κ1) is 22.0. The molecule has 0 saturated heterocycles. The van der Waals surface area contributed by atoms with E-state index in [0.717, 1.165) is 5.56 Å². The quantitative estimate of drug-likeness (QED) is 0.513. The smallest absolute Gasteiger partial charge is 0.422 e. The van der Waals surface area contributed by atoms with Gasteiger partial charge >= 0.3 is 6.18 Å². The number of aryl methyl sites for hydroxylation is 1. The molecule has 5 nitrogen and oxygen atoms in total. The van der Waals surface area contributed by atoms with Crippen molar-refractivity contribution < 1.29 is 22.7 Å². The van der Waals surface area contributed by atoms with Crippen LogP contribution in [-0.2, 0) is 6.54 Å². The standard InChI is InChI=1S/C20H16Cl2F3N3O2/c1-12-17(18(22)28(27-12)10-13-5-3-2-4-6-13)19(29)26-15-9-14(21)7-8-16(15)30-11-20(23,24)25/h2-9H,10-11H2,1H3,(H,26,29). The van der Waals surface area contributed by atoms with Crippen LogP contribution in [0.4, 0.5) is 18.9 Å². The van der Waals surface area contributed by atoms with Crippen LogP contribution in [0.3, 0.4) is 0 Å². The molecule has 0 atom stereocenters. The fraction of sp³-hybridized carbons (Fsp3) is 0.200. The molecule has 2 aromatic carbocycles. The van der Waals surface area contributed by atoms with Gasteiger partial charge in [0.15, 0.2) is 6.61 Å². The van der Waals surface area contributed by atoms with Crippen molar-refractivity contribution in [2.45, 2.75) is 19.6 Å². The summed E-state index contributed by atoms with van der Waals surface area (Å²) in [7, 11) is 0. The summed E-state index contributed by atoms with van der Waals surface area (Å²) in [6, 6.07) is 13.3. The molecule has 0 saturated carbocycles. The number of amides is 1. The van der Waals surface area contributed by atoms with Crippen LogP contribution < -0.4 is 10.1 Å². The number of carbonyl (C=O) groups excluding carboxylic acids is 1. The third-order valence-electron chi connectivity index (χ3n) is 4.05. The molecule has 1 amide bonds. The first-order valence-electron chi connectivity index (χ1n) is 8.71. The van der Waals surface area contributed by atoms with Crippen molar-refractivity contribution in [3.63, 3.8) is 0 Å². The van der Waals surface area contributed by atoms with E-state index in [1.54, 1.807) is 6.92 Å². The minimum atomic E-state index is -4.53. The van der Waals surface area contributed by atoms with Gasteiger partial charge in [-0.1, -0.05) is 53.5 Å². The van der Waals surface area contributed by atoms with Gasteiger partial charge in [-0.05, 0) is 30.7 Å². The van der Waals surface area contributed by atoms with Crippen LogP contribution in [0.25, 0.3) is 0 Å². The lowest BCUT2D eigenvalue weighted by molar-refractivity contribution is -0.153. The van der Waals surface area contributed by atoms with Gasteiger partial charge in [-0.2, -0.15) is 18.3 Å². The number of halogens is 5. The third-order valence-corrected chi connectivity index (χ3v) is 4.67. The molecule has 1 N–H and O–H groups in total. The Morgan fingerprint density at radius 2 is 1.87 bits per heavy atom. The Hall–Kier alpha value is -2.71. The molecular weight excluding hydrogens is 442 g/mol. The SMILES string of the molecule is Cc1nn(Cc2ccccc2)c(Cl)c1C(=O)Nc1cc(Cl)ccc1OCC(F)(F)F. The van der Waals surface area contributed by atoms with Gasteiger partial charge in [0.25, 0.3) is 5.91 Å². The number of carbonyl (C=O) groups is 1.